The molecule has 2 aliphatic rings. The molecule has 0 bridgehead atoms. The van der Waals surface area contributed by atoms with Crippen LogP contribution >= 0.6 is 0 Å². The van der Waals surface area contributed by atoms with Crippen molar-refractivity contribution in [2.75, 3.05) is 28.9 Å². The van der Waals surface area contributed by atoms with Crippen LogP contribution in [-0.2, 0) is 25.7 Å². The van der Waals surface area contributed by atoms with Gasteiger partial charge in [0.2, 0.25) is 0 Å². The molecule has 1 N–H and O–H groups in total. The van der Waals surface area contributed by atoms with Gasteiger partial charge in [0.1, 0.15) is 11.6 Å². The number of benzene rings is 3. The summed E-state index contributed by atoms with van der Waals surface area (Å²) in [4.78, 5) is 12.3. The van der Waals surface area contributed by atoms with E-state index >= 15 is 0 Å². The first-order valence-electron chi connectivity index (χ1n) is 13.8. The lowest BCUT2D eigenvalue weighted by Crippen LogP contribution is -2.58. The zero-order valence-corrected chi connectivity index (χ0v) is 24.5. The quantitative estimate of drug-likeness (QED) is 0.261. The van der Waals surface area contributed by atoms with Gasteiger partial charge < -0.3 is 19.5 Å². The number of alkyl halides is 5. The molecule has 0 radical (unpaired) electrons. The third kappa shape index (κ3) is 6.98. The highest BCUT2D eigenvalue weighted by Crippen LogP contribution is 2.46. The fourth-order valence-electron chi connectivity index (χ4n) is 5.77. The number of halogens is 6. The number of fused-ring (bicyclic) bond motifs is 3. The molecule has 5 rings (SSSR count). The molecular formula is C30H28F6N2O6S. The number of carboxylic acids is 1. The molecule has 0 spiro atoms. The lowest BCUT2D eigenvalue weighted by Gasteiger charge is -2.51. The van der Waals surface area contributed by atoms with E-state index in [1.807, 2.05) is 4.90 Å². The Bertz CT molecular complexity index is 1700. The number of hydrogen-bond donors (Lipinski definition) is 1. The number of anilines is 2. The Morgan fingerprint density at radius 1 is 1.07 bits per heavy atom. The minimum Gasteiger partial charge on any atom is -0.481 e. The first kappa shape index (κ1) is 32.4. The second kappa shape index (κ2) is 12.1. The van der Waals surface area contributed by atoms with Gasteiger partial charge in [0.05, 0.1) is 53.0 Å². The fraction of sp³-hybridized carbons (Fsp3) is 0.367. The topological polar surface area (TPSA) is 96.4 Å². The highest BCUT2D eigenvalue weighted by molar-refractivity contribution is 7.92. The predicted molar refractivity (Wildman–Crippen MR) is 151 cm³/mol. The van der Waals surface area contributed by atoms with Crippen LogP contribution in [0.25, 0.3) is 11.1 Å². The molecule has 242 valence electrons. The summed E-state index contributed by atoms with van der Waals surface area (Å²) in [5.41, 5.74) is -1.09. The highest BCUT2D eigenvalue weighted by atomic mass is 32.2. The number of ether oxygens (including phenoxy) is 2. The molecular weight excluding hydrogens is 630 g/mol. The number of rotatable bonds is 9. The summed E-state index contributed by atoms with van der Waals surface area (Å²) in [5.74, 6) is -2.37. The van der Waals surface area contributed by atoms with Crippen LogP contribution in [-0.4, -0.2) is 57.4 Å². The van der Waals surface area contributed by atoms with Gasteiger partial charge in [-0.2, -0.15) is 22.0 Å². The third-order valence-corrected chi connectivity index (χ3v) is 9.64. The zero-order valence-electron chi connectivity index (χ0n) is 23.7. The summed E-state index contributed by atoms with van der Waals surface area (Å²) in [6, 6.07) is 10.4. The van der Waals surface area contributed by atoms with Crippen LogP contribution in [0.2, 0.25) is 0 Å². The molecule has 0 aliphatic carbocycles. The minimum absolute atomic E-state index is 0.0599. The number of hydrogen-bond acceptors (Lipinski definition) is 6. The molecule has 0 saturated carbocycles. The third-order valence-electron chi connectivity index (χ3n) is 7.87. The number of nitrogens with zero attached hydrogens (tertiary/aromatic N) is 2. The van der Waals surface area contributed by atoms with Crippen LogP contribution in [0.4, 0.5) is 37.7 Å². The van der Waals surface area contributed by atoms with E-state index in [-0.39, 0.29) is 42.8 Å². The van der Waals surface area contributed by atoms with Crippen LogP contribution < -0.4 is 13.9 Å². The number of sulfonamides is 1. The van der Waals surface area contributed by atoms with Gasteiger partial charge in [0.25, 0.3) is 10.0 Å². The summed E-state index contributed by atoms with van der Waals surface area (Å²) in [6.45, 7) is -1.30. The molecule has 3 aromatic carbocycles. The first-order valence-corrected chi connectivity index (χ1v) is 15.2. The average molecular weight is 659 g/mol. The van der Waals surface area contributed by atoms with Crippen molar-refractivity contribution in [1.29, 1.82) is 0 Å². The molecule has 8 nitrogen and oxygen atoms in total. The van der Waals surface area contributed by atoms with Gasteiger partial charge in [0, 0.05) is 12.6 Å². The normalized spacial score (nSPS) is 20.1. The summed E-state index contributed by atoms with van der Waals surface area (Å²) >= 11 is 0. The van der Waals surface area contributed by atoms with Crippen molar-refractivity contribution in [3.05, 3.63) is 72.0 Å². The number of aliphatic carboxylic acids is 1. The average Bonchev–Trinajstić information content (AvgIpc) is 2.95. The van der Waals surface area contributed by atoms with E-state index in [2.05, 4.69) is 4.74 Å². The molecule has 2 heterocycles. The second-order valence-electron chi connectivity index (χ2n) is 11.1. The Balaban J connectivity index is 1.59. The van der Waals surface area contributed by atoms with Gasteiger partial charge in [0.15, 0.2) is 0 Å². The van der Waals surface area contributed by atoms with Gasteiger partial charge in [-0.05, 0) is 73.4 Å². The Labute approximate surface area is 254 Å². The maximum atomic E-state index is 14.4. The Morgan fingerprint density at radius 2 is 1.82 bits per heavy atom. The van der Waals surface area contributed by atoms with E-state index in [9.17, 15) is 39.6 Å². The summed E-state index contributed by atoms with van der Waals surface area (Å²) in [6.07, 6.45) is -4.29. The predicted octanol–water partition coefficient (Wildman–Crippen LogP) is 6.54. The zero-order chi connectivity index (χ0) is 32.7. The summed E-state index contributed by atoms with van der Waals surface area (Å²) in [7, 11) is -4.62. The number of carbonyl (C=O) groups is 1. The van der Waals surface area contributed by atoms with Gasteiger partial charge in [-0.3, -0.25) is 9.10 Å². The number of piperidine rings is 1. The van der Waals surface area contributed by atoms with Crippen LogP contribution in [0.3, 0.4) is 0 Å². The SMILES string of the molecule is C[C@]1(OCCC(=O)O)CCN2c3ccc(-c4cc(F)cc(OC(F)F)c4)cc3N(S(=O)(=O)c3cccc(C(F)(F)F)c3)C[C@@H]2C1. The van der Waals surface area contributed by atoms with E-state index in [1.54, 1.807) is 19.1 Å². The van der Waals surface area contributed by atoms with Gasteiger partial charge in [-0.15, -0.1) is 0 Å². The van der Waals surface area contributed by atoms with Gasteiger partial charge in [-0.1, -0.05) is 12.1 Å². The van der Waals surface area contributed by atoms with Gasteiger partial charge in [-0.25, -0.2) is 12.8 Å². The van der Waals surface area contributed by atoms with E-state index in [0.717, 1.165) is 40.7 Å². The Morgan fingerprint density at radius 3 is 2.51 bits per heavy atom. The van der Waals surface area contributed by atoms with Crippen molar-refractivity contribution in [3.8, 4) is 16.9 Å². The van der Waals surface area contributed by atoms with E-state index in [4.69, 9.17) is 9.84 Å². The smallest absolute Gasteiger partial charge is 0.416 e. The van der Waals surface area contributed by atoms with Crippen molar-refractivity contribution in [1.82, 2.24) is 0 Å². The first-order chi connectivity index (χ1) is 21.1. The molecule has 2 aliphatic heterocycles. The van der Waals surface area contributed by atoms with Gasteiger partial charge >= 0.3 is 18.8 Å². The molecule has 0 unspecified atom stereocenters. The monoisotopic (exact) mass is 658 g/mol. The molecule has 2 atom stereocenters. The highest BCUT2D eigenvalue weighted by Gasteiger charge is 2.45. The van der Waals surface area contributed by atoms with Crippen LogP contribution in [0.5, 0.6) is 5.75 Å². The molecule has 1 saturated heterocycles. The molecule has 3 aromatic rings. The van der Waals surface area contributed by atoms with Crippen LogP contribution in [0, 0.1) is 5.82 Å². The second-order valence-corrected chi connectivity index (χ2v) is 12.9. The summed E-state index contributed by atoms with van der Waals surface area (Å²) in [5, 5.41) is 9.01. The molecule has 1 fully saturated rings. The van der Waals surface area contributed by atoms with E-state index in [0.29, 0.717) is 24.7 Å². The molecule has 15 heteroatoms. The standard InChI is InChI=1S/C30H28F6N2O6S/c1-29(43-10-7-27(39)40)8-9-37-22(16-29)17-38(45(41,42)24-4-2-3-20(14-24)30(34,35)36)26-13-18(5-6-25(26)37)19-11-21(31)15-23(12-19)44-28(32)33/h2-6,11-15,22,28H,7-10,16-17H2,1H3,(H,39,40)/t22-,29-/m0/s1. The maximum absolute atomic E-state index is 14.4. The van der Waals surface area contributed by atoms with Crippen LogP contribution in [0.15, 0.2) is 65.6 Å². The molecule has 45 heavy (non-hydrogen) atoms. The summed E-state index contributed by atoms with van der Waals surface area (Å²) < 4.78 is 120. The lowest BCUT2D eigenvalue weighted by molar-refractivity contribution is -0.140. The molecule has 0 aromatic heterocycles. The van der Waals surface area contributed by atoms with Crippen LogP contribution in [0.1, 0.15) is 31.7 Å². The van der Waals surface area contributed by atoms with Crippen molar-refractivity contribution in [3.63, 3.8) is 0 Å². The lowest BCUT2D eigenvalue weighted by atomic mass is 9.85. The van der Waals surface area contributed by atoms with Crippen molar-refractivity contribution in [2.24, 2.45) is 0 Å². The molecule has 0 amide bonds. The number of carboxylic acid groups (broad SMARTS) is 1. The largest absolute Gasteiger partial charge is 0.481 e. The van der Waals surface area contributed by atoms with Crippen molar-refractivity contribution < 1.29 is 54.1 Å². The fourth-order valence-corrected chi connectivity index (χ4v) is 7.32. The minimum atomic E-state index is -4.80. The maximum Gasteiger partial charge on any atom is 0.416 e. The van der Waals surface area contributed by atoms with Crippen molar-refractivity contribution >= 4 is 27.4 Å². The van der Waals surface area contributed by atoms with Crippen molar-refractivity contribution in [2.45, 2.75) is 55.5 Å². The Kier molecular flexibility index (Phi) is 8.70. The van der Waals surface area contributed by atoms with E-state index in [1.165, 1.54) is 6.07 Å². The Hall–Kier alpha value is -3.98. The van der Waals surface area contributed by atoms with E-state index < -0.39 is 62.4 Å².